The third-order valence-corrected chi connectivity index (χ3v) is 3.20. The normalized spacial score (nSPS) is 11.6. The average Bonchev–Trinajstić information content (AvgIpc) is 2.17. The summed E-state index contributed by atoms with van der Waals surface area (Å²) in [6.45, 7) is 9.81. The maximum Gasteiger partial charge on any atom is 0.0646 e. The Balaban J connectivity index is 2.41. The molecule has 0 aromatic heterocycles. The van der Waals surface area contributed by atoms with Crippen LogP contribution in [0.15, 0.2) is 22.7 Å². The predicted molar refractivity (Wildman–Crippen MR) is 73.1 cm³/mol. The molecule has 1 N–H and O–H groups in total. The summed E-state index contributed by atoms with van der Waals surface area (Å²) in [6, 6.07) is 6.20. The quantitative estimate of drug-likeness (QED) is 0.845. The van der Waals surface area contributed by atoms with E-state index in [1.165, 1.54) is 5.56 Å². The molecule has 0 heterocycles. The van der Waals surface area contributed by atoms with Gasteiger partial charge in [0.2, 0.25) is 0 Å². The monoisotopic (exact) mass is 285 g/mol. The maximum absolute atomic E-state index is 5.64. The van der Waals surface area contributed by atoms with Crippen molar-refractivity contribution >= 4 is 21.6 Å². The van der Waals surface area contributed by atoms with Gasteiger partial charge in [-0.25, -0.2) is 0 Å². The van der Waals surface area contributed by atoms with Crippen molar-refractivity contribution in [3.63, 3.8) is 0 Å². The summed E-state index contributed by atoms with van der Waals surface area (Å²) in [6.07, 6.45) is 0. The second-order valence-electron chi connectivity index (χ2n) is 4.82. The predicted octanol–water partition coefficient (Wildman–Crippen LogP) is 3.98. The van der Waals surface area contributed by atoms with E-state index in [4.69, 9.17) is 4.74 Å². The van der Waals surface area contributed by atoms with E-state index < -0.39 is 0 Å². The zero-order valence-corrected chi connectivity index (χ0v) is 12.0. The van der Waals surface area contributed by atoms with E-state index in [0.717, 1.165) is 16.7 Å². The Hall–Kier alpha value is -0.540. The molecule has 1 aromatic rings. The molecule has 0 bridgehead atoms. The van der Waals surface area contributed by atoms with E-state index in [1.54, 1.807) is 0 Å². The van der Waals surface area contributed by atoms with Crippen molar-refractivity contribution in [3.05, 3.63) is 28.2 Å². The number of aryl methyl sites for hydroxylation is 1. The van der Waals surface area contributed by atoms with Crippen LogP contribution in [-0.2, 0) is 4.74 Å². The lowest BCUT2D eigenvalue weighted by atomic mass is 10.2. The first-order valence-electron chi connectivity index (χ1n) is 5.53. The van der Waals surface area contributed by atoms with Gasteiger partial charge in [0.1, 0.15) is 0 Å². The standard InChI is InChI=1S/C13H20BrNO/c1-10-6-5-7-11(12(10)14)15-8-9-16-13(2,3)4/h5-7,15H,8-9H2,1-4H3. The van der Waals surface area contributed by atoms with Gasteiger partial charge in [0.15, 0.2) is 0 Å². The number of rotatable bonds is 4. The molecule has 0 aliphatic carbocycles. The molecule has 0 radical (unpaired) electrons. The Labute approximate surface area is 107 Å². The van der Waals surface area contributed by atoms with Crippen molar-refractivity contribution in [2.75, 3.05) is 18.5 Å². The van der Waals surface area contributed by atoms with E-state index >= 15 is 0 Å². The van der Waals surface area contributed by atoms with Gasteiger partial charge in [-0.3, -0.25) is 0 Å². The fourth-order valence-corrected chi connectivity index (χ4v) is 1.73. The number of nitrogens with one attached hydrogen (secondary N) is 1. The zero-order chi connectivity index (χ0) is 12.2. The molecule has 16 heavy (non-hydrogen) atoms. The fourth-order valence-electron chi connectivity index (χ4n) is 1.33. The van der Waals surface area contributed by atoms with Crippen molar-refractivity contribution in [1.29, 1.82) is 0 Å². The SMILES string of the molecule is Cc1cccc(NCCOC(C)(C)C)c1Br. The van der Waals surface area contributed by atoms with Gasteiger partial charge < -0.3 is 10.1 Å². The summed E-state index contributed by atoms with van der Waals surface area (Å²) in [5, 5.41) is 3.35. The van der Waals surface area contributed by atoms with Gasteiger partial charge in [-0.1, -0.05) is 12.1 Å². The van der Waals surface area contributed by atoms with Gasteiger partial charge in [-0.2, -0.15) is 0 Å². The van der Waals surface area contributed by atoms with Crippen molar-refractivity contribution in [2.45, 2.75) is 33.3 Å². The molecule has 0 unspecified atom stereocenters. The van der Waals surface area contributed by atoms with Gasteiger partial charge in [0.25, 0.3) is 0 Å². The largest absolute Gasteiger partial charge is 0.382 e. The zero-order valence-electron chi connectivity index (χ0n) is 10.4. The molecule has 0 aliphatic rings. The molecule has 2 nitrogen and oxygen atoms in total. The molecular weight excluding hydrogens is 266 g/mol. The van der Waals surface area contributed by atoms with Crippen LogP contribution >= 0.6 is 15.9 Å². The van der Waals surface area contributed by atoms with Crippen LogP contribution in [-0.4, -0.2) is 18.8 Å². The van der Waals surface area contributed by atoms with Crippen molar-refractivity contribution in [3.8, 4) is 0 Å². The van der Waals surface area contributed by atoms with E-state index in [0.29, 0.717) is 6.61 Å². The molecule has 0 saturated carbocycles. The number of hydrogen-bond donors (Lipinski definition) is 1. The molecule has 90 valence electrons. The lowest BCUT2D eigenvalue weighted by Crippen LogP contribution is -2.23. The van der Waals surface area contributed by atoms with Gasteiger partial charge in [0.05, 0.1) is 12.2 Å². The molecule has 0 fully saturated rings. The Bertz CT molecular complexity index is 344. The van der Waals surface area contributed by atoms with E-state index in [2.05, 4.69) is 61.1 Å². The van der Waals surface area contributed by atoms with Crippen LogP contribution in [0.2, 0.25) is 0 Å². The molecule has 1 rings (SSSR count). The average molecular weight is 286 g/mol. The third kappa shape index (κ3) is 4.54. The number of benzene rings is 1. The number of halogens is 1. The first-order valence-corrected chi connectivity index (χ1v) is 6.32. The molecule has 3 heteroatoms. The van der Waals surface area contributed by atoms with Crippen molar-refractivity contribution in [2.24, 2.45) is 0 Å². The van der Waals surface area contributed by atoms with Gasteiger partial charge in [0, 0.05) is 16.7 Å². The third-order valence-electron chi connectivity index (χ3n) is 2.14. The highest BCUT2D eigenvalue weighted by molar-refractivity contribution is 9.10. The molecule has 0 spiro atoms. The van der Waals surface area contributed by atoms with Crippen molar-refractivity contribution in [1.82, 2.24) is 0 Å². The Morgan fingerprint density at radius 2 is 2.00 bits per heavy atom. The van der Waals surface area contributed by atoms with Crippen LogP contribution in [0.4, 0.5) is 5.69 Å². The summed E-state index contributed by atoms with van der Waals surface area (Å²) < 4.78 is 6.77. The molecule has 0 saturated heterocycles. The topological polar surface area (TPSA) is 21.3 Å². The summed E-state index contributed by atoms with van der Waals surface area (Å²) in [7, 11) is 0. The lowest BCUT2D eigenvalue weighted by molar-refractivity contribution is 0.00333. The Kier molecular flexibility index (Phi) is 4.81. The maximum atomic E-state index is 5.64. The number of anilines is 1. The van der Waals surface area contributed by atoms with Gasteiger partial charge in [-0.05, 0) is 55.3 Å². The Morgan fingerprint density at radius 3 is 2.62 bits per heavy atom. The highest BCUT2D eigenvalue weighted by atomic mass is 79.9. The molecule has 0 amide bonds. The van der Waals surface area contributed by atoms with Crippen LogP contribution < -0.4 is 5.32 Å². The summed E-state index contributed by atoms with van der Waals surface area (Å²) >= 11 is 3.57. The molecular formula is C13H20BrNO. The van der Waals surface area contributed by atoms with Crippen molar-refractivity contribution < 1.29 is 4.74 Å². The lowest BCUT2D eigenvalue weighted by Gasteiger charge is -2.20. The van der Waals surface area contributed by atoms with Crippen LogP contribution in [0, 0.1) is 6.92 Å². The van der Waals surface area contributed by atoms with E-state index in [9.17, 15) is 0 Å². The smallest absolute Gasteiger partial charge is 0.0646 e. The van der Waals surface area contributed by atoms with Gasteiger partial charge in [-0.15, -0.1) is 0 Å². The summed E-state index contributed by atoms with van der Waals surface area (Å²) in [4.78, 5) is 0. The minimum atomic E-state index is -0.0640. The minimum absolute atomic E-state index is 0.0640. The van der Waals surface area contributed by atoms with E-state index in [1.807, 2.05) is 6.07 Å². The summed E-state index contributed by atoms with van der Waals surface area (Å²) in [5.41, 5.74) is 2.30. The first-order chi connectivity index (χ1) is 7.40. The highest BCUT2D eigenvalue weighted by Crippen LogP contribution is 2.25. The van der Waals surface area contributed by atoms with Crippen LogP contribution in [0.1, 0.15) is 26.3 Å². The van der Waals surface area contributed by atoms with Crippen LogP contribution in [0.3, 0.4) is 0 Å². The number of hydrogen-bond acceptors (Lipinski definition) is 2. The number of ether oxygens (including phenoxy) is 1. The second-order valence-corrected chi connectivity index (χ2v) is 5.62. The molecule has 0 aliphatic heterocycles. The van der Waals surface area contributed by atoms with Crippen LogP contribution in [0.5, 0.6) is 0 Å². The first kappa shape index (κ1) is 13.5. The fraction of sp³-hybridized carbons (Fsp3) is 0.538. The second kappa shape index (κ2) is 5.69. The summed E-state index contributed by atoms with van der Waals surface area (Å²) in [5.74, 6) is 0. The van der Waals surface area contributed by atoms with Gasteiger partial charge >= 0.3 is 0 Å². The highest BCUT2D eigenvalue weighted by Gasteiger charge is 2.09. The molecule has 0 atom stereocenters. The molecule has 1 aromatic carbocycles. The van der Waals surface area contributed by atoms with Crippen LogP contribution in [0.25, 0.3) is 0 Å². The van der Waals surface area contributed by atoms with E-state index in [-0.39, 0.29) is 5.60 Å². The Morgan fingerprint density at radius 1 is 1.31 bits per heavy atom. The minimum Gasteiger partial charge on any atom is -0.382 e.